The number of para-hydroxylation sites is 1. The van der Waals surface area contributed by atoms with Gasteiger partial charge < -0.3 is 30.5 Å². The third-order valence-electron chi connectivity index (χ3n) is 12.9. The van der Waals surface area contributed by atoms with Gasteiger partial charge in [-0.1, -0.05) is 18.2 Å². The van der Waals surface area contributed by atoms with E-state index in [4.69, 9.17) is 15.6 Å². The molecular weight excluding hydrogens is 755 g/mol. The van der Waals surface area contributed by atoms with E-state index in [0.717, 1.165) is 104 Å². The lowest BCUT2D eigenvalue weighted by atomic mass is 9.95. The largest absolute Gasteiger partial charge is 0.457 e. The van der Waals surface area contributed by atoms with Crippen LogP contribution < -0.4 is 26.0 Å². The number of amides is 2. The van der Waals surface area contributed by atoms with Crippen molar-refractivity contribution >= 4 is 40.0 Å². The number of nitrogens with two attached hydrogens (primary N) is 1. The Morgan fingerprint density at radius 2 is 1.42 bits per heavy atom. The summed E-state index contributed by atoms with van der Waals surface area (Å²) in [6, 6.07) is 26.0. The molecule has 314 valence electrons. The molecule has 6 heterocycles. The van der Waals surface area contributed by atoms with Crippen molar-refractivity contribution in [2.24, 2.45) is 5.92 Å². The normalized spacial score (nSPS) is 20.4. The number of anilines is 3. The molecule has 5 aromatic rings. The zero-order valence-corrected chi connectivity index (χ0v) is 34.4. The van der Waals surface area contributed by atoms with E-state index >= 15 is 0 Å². The Morgan fingerprint density at radius 3 is 2.12 bits per heavy atom. The molecule has 4 N–H and O–H groups in total. The Balaban J connectivity index is 0.683. The van der Waals surface area contributed by atoms with Crippen LogP contribution in [0.1, 0.15) is 51.0 Å². The van der Waals surface area contributed by atoms with Gasteiger partial charge in [-0.2, -0.15) is 5.10 Å². The van der Waals surface area contributed by atoms with Crippen LogP contribution in [0.5, 0.6) is 11.5 Å². The molecule has 0 spiro atoms. The van der Waals surface area contributed by atoms with E-state index < -0.39 is 0 Å². The van der Waals surface area contributed by atoms with E-state index in [2.05, 4.69) is 57.0 Å². The smallest absolute Gasteiger partial charge is 0.249 e. The lowest BCUT2D eigenvalue weighted by molar-refractivity contribution is -0.133. The quantitative estimate of drug-likeness (QED) is 0.126. The Kier molecular flexibility index (Phi) is 12.2. The number of piperazine rings is 1. The molecule has 3 aromatic carbocycles. The molecule has 9 rings (SSSR count). The minimum absolute atomic E-state index is 0.192. The van der Waals surface area contributed by atoms with E-state index in [-0.39, 0.29) is 23.9 Å². The minimum Gasteiger partial charge on any atom is -0.457 e. The number of ether oxygens (including phenoxy) is 1. The van der Waals surface area contributed by atoms with Gasteiger partial charge in [0.05, 0.1) is 11.4 Å². The van der Waals surface area contributed by atoms with Crippen LogP contribution in [0.3, 0.4) is 0 Å². The number of fused-ring (bicyclic) bond motifs is 1. The molecule has 0 radical (unpaired) electrons. The summed E-state index contributed by atoms with van der Waals surface area (Å²) in [5, 5.41) is 11.6. The molecule has 0 bridgehead atoms. The fourth-order valence-electron chi connectivity index (χ4n) is 9.41. The van der Waals surface area contributed by atoms with Crippen molar-refractivity contribution < 1.29 is 14.3 Å². The van der Waals surface area contributed by atoms with Crippen molar-refractivity contribution in [2.45, 2.75) is 57.0 Å². The lowest BCUT2D eigenvalue weighted by Gasteiger charge is -2.40. The molecule has 4 fully saturated rings. The van der Waals surface area contributed by atoms with Crippen molar-refractivity contribution in [3.63, 3.8) is 0 Å². The Labute approximate surface area is 352 Å². The van der Waals surface area contributed by atoms with Gasteiger partial charge in [0.15, 0.2) is 5.65 Å². The first-order valence-corrected chi connectivity index (χ1v) is 21.9. The third kappa shape index (κ3) is 9.41. The van der Waals surface area contributed by atoms with E-state index in [1.165, 1.54) is 51.1 Å². The molecule has 0 saturated carbocycles. The number of nitrogens with one attached hydrogen (secondary N) is 2. The Bertz CT molecular complexity index is 2210. The maximum atomic E-state index is 12.1. The Hall–Kier alpha value is -5.57. The first-order valence-electron chi connectivity index (χ1n) is 21.9. The van der Waals surface area contributed by atoms with Crippen LogP contribution in [0, 0.1) is 5.92 Å². The number of piperidine rings is 3. The predicted octanol–water partition coefficient (Wildman–Crippen LogP) is 5.65. The monoisotopic (exact) mass is 811 g/mol. The van der Waals surface area contributed by atoms with Gasteiger partial charge in [0.25, 0.3) is 0 Å². The second-order valence-electron chi connectivity index (χ2n) is 16.9. The van der Waals surface area contributed by atoms with Gasteiger partial charge in [0.1, 0.15) is 35.4 Å². The average Bonchev–Trinajstić information content (AvgIpc) is 3.68. The van der Waals surface area contributed by atoms with Crippen LogP contribution in [0.4, 0.5) is 17.2 Å². The van der Waals surface area contributed by atoms with Crippen LogP contribution in [0.25, 0.3) is 22.3 Å². The zero-order valence-electron chi connectivity index (χ0n) is 34.4. The number of benzene rings is 3. The topological polar surface area (TPSA) is 150 Å². The second-order valence-corrected chi connectivity index (χ2v) is 16.9. The zero-order chi connectivity index (χ0) is 40.8. The summed E-state index contributed by atoms with van der Waals surface area (Å²) in [7, 11) is 0. The van der Waals surface area contributed by atoms with Crippen molar-refractivity contribution in [3.8, 4) is 22.8 Å². The minimum atomic E-state index is -0.361. The highest BCUT2D eigenvalue weighted by Gasteiger charge is 2.29. The number of nitrogens with zero attached hydrogens (tertiary/aromatic N) is 8. The lowest BCUT2D eigenvalue weighted by Crippen LogP contribution is -2.49. The molecule has 14 nitrogen and oxygen atoms in total. The van der Waals surface area contributed by atoms with Crippen LogP contribution in [0.2, 0.25) is 0 Å². The van der Waals surface area contributed by atoms with Crippen LogP contribution in [0.15, 0.2) is 85.2 Å². The number of hydrogen-bond acceptors (Lipinski definition) is 12. The number of hydrogen-bond donors (Lipinski definition) is 3. The molecule has 1 unspecified atom stereocenters. The molecule has 0 aliphatic carbocycles. The highest BCUT2D eigenvalue weighted by atomic mass is 16.5. The number of likely N-dealkylation sites (tertiary alicyclic amines) is 2. The van der Waals surface area contributed by atoms with Gasteiger partial charge in [0.2, 0.25) is 11.8 Å². The van der Waals surface area contributed by atoms with E-state index in [9.17, 15) is 9.59 Å². The SMILES string of the molecule is Nc1ncnc2c1c(-c1ccc(Oc3ccccc3)cc1)nn2C1CCN(CCCN2CCC(CN3CCN(c4ccc(NC5CCC(=O)NC5=O)cc4)CC3)CC2)CC1. The summed E-state index contributed by atoms with van der Waals surface area (Å²) in [5.41, 5.74) is 11.1. The van der Waals surface area contributed by atoms with Crippen LogP contribution in [-0.2, 0) is 9.59 Å². The first-order chi connectivity index (χ1) is 29.4. The van der Waals surface area contributed by atoms with Crippen molar-refractivity contribution in [2.75, 3.05) is 87.9 Å². The summed E-state index contributed by atoms with van der Waals surface area (Å²) >= 11 is 0. The molecule has 60 heavy (non-hydrogen) atoms. The predicted molar refractivity (Wildman–Crippen MR) is 235 cm³/mol. The van der Waals surface area contributed by atoms with Crippen molar-refractivity contribution in [1.82, 2.24) is 39.8 Å². The summed E-state index contributed by atoms with van der Waals surface area (Å²) in [4.78, 5) is 43.0. The maximum absolute atomic E-state index is 12.1. The molecule has 14 heteroatoms. The molecular formula is C46H57N11O3. The highest BCUT2D eigenvalue weighted by Crippen LogP contribution is 2.35. The van der Waals surface area contributed by atoms with Crippen molar-refractivity contribution in [3.05, 3.63) is 85.2 Å². The molecule has 4 aliphatic heterocycles. The van der Waals surface area contributed by atoms with Gasteiger partial charge >= 0.3 is 0 Å². The summed E-state index contributed by atoms with van der Waals surface area (Å²) in [6.07, 6.45) is 8.28. The highest BCUT2D eigenvalue weighted by molar-refractivity contribution is 6.01. The fraction of sp³-hybridized carbons (Fsp3) is 0.457. The number of imide groups is 1. The van der Waals surface area contributed by atoms with E-state index in [1.54, 1.807) is 6.33 Å². The standard InChI is InChI=1S/C46H57N11O3/c47-44-42-43(34-7-13-39(14-8-34)60-38-5-2-1-3-6-38)52-57(45(42)49-32-48-44)37-19-25-54(26-20-37)22-4-21-53-23-17-33(18-24-53)31-55-27-29-56(30-28-55)36-11-9-35(10-12-36)50-40-15-16-41(58)51-46(40)59/h1-3,5-14,32-33,37,40,50H,4,15-31H2,(H2,47,48,49)(H,51,58,59). The van der Waals surface area contributed by atoms with Gasteiger partial charge in [-0.25, -0.2) is 14.6 Å². The third-order valence-corrected chi connectivity index (χ3v) is 12.9. The molecule has 2 aromatic heterocycles. The number of carbonyl (C=O) groups is 2. The van der Waals surface area contributed by atoms with Crippen LogP contribution >= 0.6 is 0 Å². The van der Waals surface area contributed by atoms with Crippen LogP contribution in [-0.4, -0.2) is 124 Å². The van der Waals surface area contributed by atoms with E-state index in [0.29, 0.717) is 18.7 Å². The van der Waals surface area contributed by atoms with Gasteiger partial charge in [-0.15, -0.1) is 0 Å². The molecule has 1 atom stereocenters. The second kappa shape index (κ2) is 18.4. The summed E-state index contributed by atoms with van der Waals surface area (Å²) in [6.45, 7) is 12.2. The number of carbonyl (C=O) groups excluding carboxylic acids is 2. The van der Waals surface area contributed by atoms with Gasteiger partial charge in [-0.05, 0) is 131 Å². The number of aromatic nitrogens is 4. The number of rotatable bonds is 13. The van der Waals surface area contributed by atoms with Gasteiger partial charge in [-0.3, -0.25) is 19.8 Å². The number of nitrogen functional groups attached to an aromatic ring is 1. The average molecular weight is 812 g/mol. The summed E-state index contributed by atoms with van der Waals surface area (Å²) in [5.74, 6) is 2.36. The maximum Gasteiger partial charge on any atom is 0.249 e. The fourth-order valence-corrected chi connectivity index (χ4v) is 9.41. The molecule has 4 aliphatic rings. The Morgan fingerprint density at radius 1 is 0.733 bits per heavy atom. The van der Waals surface area contributed by atoms with Crippen molar-refractivity contribution in [1.29, 1.82) is 0 Å². The first kappa shape index (κ1) is 39.9. The molecule has 2 amide bonds. The van der Waals surface area contributed by atoms with E-state index in [1.807, 2.05) is 66.7 Å². The summed E-state index contributed by atoms with van der Waals surface area (Å²) < 4.78 is 8.12. The van der Waals surface area contributed by atoms with Gasteiger partial charge in [0, 0.05) is 69.2 Å². The molecule has 4 saturated heterocycles.